The number of imide groups is 2. The lowest BCUT2D eigenvalue weighted by molar-refractivity contribution is -0.126. The van der Waals surface area contributed by atoms with Crippen LogP contribution in [0.1, 0.15) is 28.7 Å². The summed E-state index contributed by atoms with van der Waals surface area (Å²) in [6.07, 6.45) is -0.327. The average molecular weight is 336 g/mol. The Bertz CT molecular complexity index is 830. The molecule has 5 heteroatoms. The van der Waals surface area contributed by atoms with Crippen LogP contribution in [0.4, 0.5) is 16.2 Å². The fourth-order valence-electron chi connectivity index (χ4n) is 3.00. The first-order valence-corrected chi connectivity index (χ1v) is 8.14. The van der Waals surface area contributed by atoms with Gasteiger partial charge in [-0.1, -0.05) is 24.3 Å². The Hall–Kier alpha value is -2.95. The van der Waals surface area contributed by atoms with Crippen LogP contribution in [-0.2, 0) is 9.59 Å². The van der Waals surface area contributed by atoms with Gasteiger partial charge in [-0.3, -0.25) is 9.59 Å². The first-order valence-electron chi connectivity index (χ1n) is 8.14. The summed E-state index contributed by atoms with van der Waals surface area (Å²) in [7, 11) is 0. The predicted octanol–water partition coefficient (Wildman–Crippen LogP) is 3.81. The standard InChI is InChI=1S/C20H20N2O3/c1-12-5-7-14(3)16(9-12)21-18(23)11-19(24)22(20(21)25)17-10-13(2)6-8-15(17)4/h5-10H,11H2,1-4H3. The zero-order valence-electron chi connectivity index (χ0n) is 14.8. The Morgan fingerprint density at radius 1 is 0.680 bits per heavy atom. The maximum Gasteiger partial charge on any atom is 0.342 e. The molecule has 0 saturated carbocycles. The molecule has 0 unspecified atom stereocenters. The highest BCUT2D eigenvalue weighted by molar-refractivity contribution is 6.35. The number of carbonyl (C=O) groups excluding carboxylic acids is 3. The van der Waals surface area contributed by atoms with Crippen molar-refractivity contribution >= 4 is 29.2 Å². The van der Waals surface area contributed by atoms with Gasteiger partial charge in [0, 0.05) is 0 Å². The fraction of sp³-hybridized carbons (Fsp3) is 0.250. The monoisotopic (exact) mass is 336 g/mol. The van der Waals surface area contributed by atoms with Crippen LogP contribution in [0.2, 0.25) is 0 Å². The van der Waals surface area contributed by atoms with Crippen molar-refractivity contribution in [1.29, 1.82) is 0 Å². The van der Waals surface area contributed by atoms with Crippen molar-refractivity contribution in [3.05, 3.63) is 58.7 Å². The first kappa shape index (κ1) is 16.9. The number of carbonyl (C=O) groups is 3. The summed E-state index contributed by atoms with van der Waals surface area (Å²) in [6.45, 7) is 7.48. The largest absolute Gasteiger partial charge is 0.342 e. The molecule has 128 valence electrons. The van der Waals surface area contributed by atoms with E-state index >= 15 is 0 Å². The van der Waals surface area contributed by atoms with Gasteiger partial charge in [0.15, 0.2) is 0 Å². The topological polar surface area (TPSA) is 57.7 Å². The van der Waals surface area contributed by atoms with Gasteiger partial charge < -0.3 is 0 Å². The highest BCUT2D eigenvalue weighted by Gasteiger charge is 2.40. The molecule has 5 nitrogen and oxygen atoms in total. The van der Waals surface area contributed by atoms with E-state index < -0.39 is 17.8 Å². The second-order valence-corrected chi connectivity index (χ2v) is 6.50. The van der Waals surface area contributed by atoms with E-state index in [9.17, 15) is 14.4 Å². The van der Waals surface area contributed by atoms with Gasteiger partial charge in [-0.25, -0.2) is 14.6 Å². The smallest absolute Gasteiger partial charge is 0.273 e. The first-order chi connectivity index (χ1) is 11.8. The number of rotatable bonds is 2. The number of benzene rings is 2. The summed E-state index contributed by atoms with van der Waals surface area (Å²) in [5, 5.41) is 0. The second kappa shape index (κ2) is 6.16. The number of hydrogen-bond donors (Lipinski definition) is 0. The van der Waals surface area contributed by atoms with Crippen molar-refractivity contribution in [2.24, 2.45) is 0 Å². The van der Waals surface area contributed by atoms with Gasteiger partial charge >= 0.3 is 6.03 Å². The van der Waals surface area contributed by atoms with Gasteiger partial charge in [-0.15, -0.1) is 0 Å². The summed E-state index contributed by atoms with van der Waals surface area (Å²) in [5.41, 5.74) is 4.55. The van der Waals surface area contributed by atoms with E-state index in [1.807, 2.05) is 52.0 Å². The highest BCUT2D eigenvalue weighted by Crippen LogP contribution is 2.31. The van der Waals surface area contributed by atoms with Crippen molar-refractivity contribution in [1.82, 2.24) is 0 Å². The summed E-state index contributed by atoms with van der Waals surface area (Å²) in [5.74, 6) is -0.990. The average Bonchev–Trinajstić information content (AvgIpc) is 2.53. The van der Waals surface area contributed by atoms with Gasteiger partial charge in [0.25, 0.3) is 0 Å². The molecule has 1 fully saturated rings. The minimum Gasteiger partial charge on any atom is -0.273 e. The molecule has 0 aliphatic carbocycles. The third kappa shape index (κ3) is 2.93. The SMILES string of the molecule is Cc1ccc(C)c(N2C(=O)CC(=O)N(c3cc(C)ccc3C)C2=O)c1. The molecule has 25 heavy (non-hydrogen) atoms. The molecule has 2 aromatic rings. The van der Waals surface area contributed by atoms with Crippen LogP contribution in [0.3, 0.4) is 0 Å². The zero-order chi connectivity index (χ0) is 18.3. The molecule has 1 heterocycles. The van der Waals surface area contributed by atoms with E-state index in [2.05, 4.69) is 0 Å². The Labute approximate surface area is 146 Å². The van der Waals surface area contributed by atoms with E-state index in [1.165, 1.54) is 0 Å². The van der Waals surface area contributed by atoms with Crippen LogP contribution in [0.15, 0.2) is 36.4 Å². The number of hydrogen-bond acceptors (Lipinski definition) is 3. The van der Waals surface area contributed by atoms with Crippen LogP contribution in [0, 0.1) is 27.7 Å². The normalized spacial score (nSPS) is 15.1. The summed E-state index contributed by atoms with van der Waals surface area (Å²) >= 11 is 0. The van der Waals surface area contributed by atoms with E-state index in [1.54, 1.807) is 12.1 Å². The molecule has 4 amide bonds. The number of barbiturate groups is 1. The molecule has 0 radical (unpaired) electrons. The van der Waals surface area contributed by atoms with Crippen LogP contribution in [-0.4, -0.2) is 17.8 Å². The van der Waals surface area contributed by atoms with Crippen LogP contribution in [0.25, 0.3) is 0 Å². The van der Waals surface area contributed by atoms with Crippen molar-refractivity contribution in [2.75, 3.05) is 9.80 Å². The van der Waals surface area contributed by atoms with Crippen LogP contribution >= 0.6 is 0 Å². The Morgan fingerprint density at radius 3 is 1.48 bits per heavy atom. The molecule has 1 aliphatic rings. The molecular formula is C20H20N2O3. The molecule has 1 saturated heterocycles. The molecule has 2 aromatic carbocycles. The van der Waals surface area contributed by atoms with Crippen molar-refractivity contribution < 1.29 is 14.4 Å². The number of urea groups is 1. The quantitative estimate of drug-likeness (QED) is 0.784. The highest BCUT2D eigenvalue weighted by atomic mass is 16.2. The molecule has 0 N–H and O–H groups in total. The minimum atomic E-state index is -0.622. The lowest BCUT2D eigenvalue weighted by Crippen LogP contribution is -2.56. The molecule has 3 rings (SSSR count). The molecular weight excluding hydrogens is 316 g/mol. The summed E-state index contributed by atoms with van der Waals surface area (Å²) < 4.78 is 0. The van der Waals surface area contributed by atoms with E-state index in [0.29, 0.717) is 11.4 Å². The molecule has 0 spiro atoms. The molecule has 0 bridgehead atoms. The van der Waals surface area contributed by atoms with Crippen LogP contribution in [0.5, 0.6) is 0 Å². The molecule has 0 atom stereocenters. The van der Waals surface area contributed by atoms with Crippen molar-refractivity contribution in [3.8, 4) is 0 Å². The van der Waals surface area contributed by atoms with Gasteiger partial charge in [0.05, 0.1) is 11.4 Å². The Morgan fingerprint density at radius 2 is 1.08 bits per heavy atom. The molecule has 0 aromatic heterocycles. The maximum absolute atomic E-state index is 13.1. The summed E-state index contributed by atoms with van der Waals surface area (Å²) in [6, 6.07) is 10.5. The van der Waals surface area contributed by atoms with Gasteiger partial charge in [0.1, 0.15) is 6.42 Å². The maximum atomic E-state index is 13.1. The van der Waals surface area contributed by atoms with Crippen molar-refractivity contribution in [2.45, 2.75) is 34.1 Å². The third-order valence-corrected chi connectivity index (χ3v) is 4.39. The fourth-order valence-corrected chi connectivity index (χ4v) is 3.00. The van der Waals surface area contributed by atoms with E-state index in [4.69, 9.17) is 0 Å². The van der Waals surface area contributed by atoms with Gasteiger partial charge in [0.2, 0.25) is 11.8 Å². The second-order valence-electron chi connectivity index (χ2n) is 6.50. The lowest BCUT2D eigenvalue weighted by atomic mass is 10.1. The zero-order valence-corrected chi connectivity index (χ0v) is 14.8. The number of anilines is 2. The van der Waals surface area contributed by atoms with Gasteiger partial charge in [-0.2, -0.15) is 0 Å². The molecule has 1 aliphatic heterocycles. The third-order valence-electron chi connectivity index (χ3n) is 4.39. The number of amides is 4. The van der Waals surface area contributed by atoms with Crippen molar-refractivity contribution in [3.63, 3.8) is 0 Å². The Balaban J connectivity index is 2.12. The number of aryl methyl sites for hydroxylation is 4. The van der Waals surface area contributed by atoms with Crippen LogP contribution < -0.4 is 9.80 Å². The predicted molar refractivity (Wildman–Crippen MR) is 96.8 cm³/mol. The van der Waals surface area contributed by atoms with E-state index in [-0.39, 0.29) is 6.42 Å². The number of nitrogens with zero attached hydrogens (tertiary/aromatic N) is 2. The lowest BCUT2D eigenvalue weighted by Gasteiger charge is -2.34. The minimum absolute atomic E-state index is 0.327. The van der Waals surface area contributed by atoms with Gasteiger partial charge in [-0.05, 0) is 62.1 Å². The summed E-state index contributed by atoms with van der Waals surface area (Å²) in [4.78, 5) is 40.2. The van der Waals surface area contributed by atoms with E-state index in [0.717, 1.165) is 32.1 Å². The Kier molecular flexibility index (Phi) is 4.17.